The van der Waals surface area contributed by atoms with Gasteiger partial charge in [-0.05, 0) is 89.2 Å². The fourth-order valence-corrected chi connectivity index (χ4v) is 9.20. The molecule has 3 aliphatic heterocycles. The number of β-lactam (4-membered cyclic amide) rings is 1. The summed E-state index contributed by atoms with van der Waals surface area (Å²) in [4.78, 5) is 83.5. The molecule has 20 nitrogen and oxygen atoms in total. The van der Waals surface area contributed by atoms with Crippen LogP contribution in [0.15, 0.2) is 65.3 Å². The lowest BCUT2D eigenvalue weighted by Crippen LogP contribution is -2.71. The minimum absolute atomic E-state index is 0.0323. The monoisotopic (exact) mass is 937 g/mol. The van der Waals surface area contributed by atoms with E-state index in [9.17, 15) is 28.4 Å². The number of methoxy groups -OCH3 is 1. The molecule has 7 rings (SSSR count). The molecule has 346 valence electrons. The third-order valence-corrected chi connectivity index (χ3v) is 12.2. The van der Waals surface area contributed by atoms with Crippen LogP contribution in [0.3, 0.4) is 0 Å². The lowest BCUT2D eigenvalue weighted by Gasteiger charge is -2.49. The first-order chi connectivity index (χ1) is 30.9. The number of halogens is 1. The van der Waals surface area contributed by atoms with Gasteiger partial charge in [-0.15, -0.1) is 11.8 Å². The number of thioether (sulfide) groups is 1. The van der Waals surface area contributed by atoms with Gasteiger partial charge in [-0.1, -0.05) is 17.3 Å². The van der Waals surface area contributed by atoms with E-state index >= 15 is 0 Å². The van der Waals surface area contributed by atoms with Crippen molar-refractivity contribution in [2.45, 2.75) is 96.2 Å². The van der Waals surface area contributed by atoms with Gasteiger partial charge < -0.3 is 38.6 Å². The van der Waals surface area contributed by atoms with Crippen molar-refractivity contribution >= 4 is 75.3 Å². The minimum Gasteiger partial charge on any atom is -0.497 e. The van der Waals surface area contributed by atoms with Crippen molar-refractivity contribution in [1.29, 1.82) is 0 Å². The number of likely N-dealkylation sites (tertiary alicyclic amines) is 1. The van der Waals surface area contributed by atoms with E-state index in [1.807, 2.05) is 43.7 Å². The number of amides is 4. The number of benzene rings is 1. The molecule has 2 N–H and O–H groups in total. The Morgan fingerprint density at radius 3 is 2.42 bits per heavy atom. The van der Waals surface area contributed by atoms with Gasteiger partial charge in [-0.25, -0.2) is 23.3 Å². The summed E-state index contributed by atoms with van der Waals surface area (Å²) in [5.74, 6) is -1.74. The van der Waals surface area contributed by atoms with Crippen molar-refractivity contribution in [3.63, 3.8) is 0 Å². The van der Waals surface area contributed by atoms with E-state index in [2.05, 4.69) is 34.6 Å². The van der Waals surface area contributed by atoms with Crippen molar-refractivity contribution in [2.75, 3.05) is 38.1 Å². The molecule has 3 aliphatic rings. The number of rotatable bonds is 13. The number of nitrogens with one attached hydrogen (secondary N) is 2. The molecule has 4 aromatic rings. The summed E-state index contributed by atoms with van der Waals surface area (Å²) in [5.41, 5.74) is 0.853. The number of carbonyl (C=O) groups excluding carboxylic acids is 5. The number of piperidine rings is 1. The number of fused-ring (bicyclic) bond motifs is 2. The van der Waals surface area contributed by atoms with Gasteiger partial charge in [0.1, 0.15) is 52.7 Å². The Labute approximate surface area is 381 Å². The molecule has 2 unspecified atom stereocenters. The Bertz CT molecular complexity index is 2510. The van der Waals surface area contributed by atoms with Crippen LogP contribution < -0.4 is 19.9 Å². The Kier molecular flexibility index (Phi) is 13.9. The van der Waals surface area contributed by atoms with Crippen LogP contribution in [0.5, 0.6) is 5.75 Å². The molecule has 0 radical (unpaired) electrons. The number of pyridine rings is 1. The number of anilines is 1. The van der Waals surface area contributed by atoms with Crippen LogP contribution >= 0.6 is 23.3 Å². The molecule has 4 amide bonds. The zero-order chi connectivity index (χ0) is 46.6. The van der Waals surface area contributed by atoms with E-state index in [0.717, 1.165) is 5.52 Å². The van der Waals surface area contributed by atoms with Crippen molar-refractivity contribution in [3.05, 3.63) is 71.6 Å². The summed E-state index contributed by atoms with van der Waals surface area (Å²) in [6, 6.07) is 9.77. The maximum Gasteiger partial charge on any atom is 0.414 e. The highest BCUT2D eigenvalue weighted by Crippen LogP contribution is 2.41. The molecule has 2 fully saturated rings. The third-order valence-electron chi connectivity index (χ3n) is 10.2. The topological polar surface area (TPSA) is 222 Å². The minimum atomic E-state index is -1.38. The van der Waals surface area contributed by atoms with Gasteiger partial charge in [-0.3, -0.25) is 19.8 Å². The van der Waals surface area contributed by atoms with Crippen molar-refractivity contribution in [2.24, 2.45) is 5.16 Å². The molecule has 0 saturated carbocycles. The molecule has 0 bridgehead atoms. The molecule has 65 heavy (non-hydrogen) atoms. The zero-order valence-corrected chi connectivity index (χ0v) is 38.5. The molecule has 0 aliphatic carbocycles. The predicted molar refractivity (Wildman–Crippen MR) is 234 cm³/mol. The van der Waals surface area contributed by atoms with E-state index in [0.29, 0.717) is 60.0 Å². The Morgan fingerprint density at radius 1 is 1.02 bits per heavy atom. The standard InChI is InChI=1S/C42H49FN10O10S2/c1-41(2,3)62-39(57)47-38-46-32(49-65-38)29(48-61-22-43)34(54)45-30-35(55)53-31(37(56)60-20-24-10-12-27(59-7)13-11-24)25(21-64-36(30)53)19-51-16-8-9-28-33(51)44-23-52(28)26-14-17-50(18-15-26)40(58)63-42(4,5)6/h8-13,16,23,26,30,36H,14-15,17-22H2,1-7H3,(H-,45,46,47,49,54,57)/p+1. The quantitative estimate of drug-likeness (QED) is 0.0457. The van der Waals surface area contributed by atoms with Crippen molar-refractivity contribution in [3.8, 4) is 5.75 Å². The van der Waals surface area contributed by atoms with E-state index < -0.39 is 59.1 Å². The zero-order valence-electron chi connectivity index (χ0n) is 36.9. The smallest absolute Gasteiger partial charge is 0.414 e. The van der Waals surface area contributed by atoms with Gasteiger partial charge in [-0.2, -0.15) is 9.36 Å². The number of aromatic nitrogens is 5. The average molecular weight is 938 g/mol. The highest BCUT2D eigenvalue weighted by Gasteiger charge is 2.55. The number of hydrogen-bond donors (Lipinski definition) is 2. The molecule has 3 aromatic heterocycles. The first-order valence-corrected chi connectivity index (χ1v) is 22.5. The van der Waals surface area contributed by atoms with Crippen LogP contribution in [0, 0.1) is 0 Å². The van der Waals surface area contributed by atoms with E-state index in [1.165, 1.54) is 16.7 Å². The Morgan fingerprint density at radius 2 is 1.74 bits per heavy atom. The lowest BCUT2D eigenvalue weighted by atomic mass is 10.0. The molecular formula is C42H50FN10O10S2+. The van der Waals surface area contributed by atoms with Gasteiger partial charge in [0.2, 0.25) is 23.0 Å². The summed E-state index contributed by atoms with van der Waals surface area (Å²) < 4.78 is 43.1. The third kappa shape index (κ3) is 11.0. The number of ether oxygens (including phenoxy) is 4. The van der Waals surface area contributed by atoms with Crippen LogP contribution in [0.25, 0.3) is 11.2 Å². The van der Waals surface area contributed by atoms with Crippen molar-refractivity contribution in [1.82, 2.24) is 34.0 Å². The Balaban J connectivity index is 1.11. The number of hydrogen-bond acceptors (Lipinski definition) is 16. The first-order valence-electron chi connectivity index (χ1n) is 20.6. The first kappa shape index (κ1) is 46.6. The van der Waals surface area contributed by atoms with Gasteiger partial charge in [0, 0.05) is 42.0 Å². The van der Waals surface area contributed by atoms with E-state index in [-0.39, 0.29) is 47.7 Å². The van der Waals surface area contributed by atoms with Crippen LogP contribution in [-0.4, -0.2) is 120 Å². The van der Waals surface area contributed by atoms with Gasteiger partial charge in [0.15, 0.2) is 0 Å². The SMILES string of the molecule is COc1ccc(COC(=O)C2=C(C[n+]3cccc4c3ncn4C3CCN(C(=O)OC(C)(C)C)CC3)CSC3C(NC(=O)C(=NOCF)c4nsc(NC(=O)OC(C)(C)C)n4)C(=O)N23)cc1. The number of imidazole rings is 1. The molecule has 6 heterocycles. The van der Waals surface area contributed by atoms with Crippen molar-refractivity contribution < 1.29 is 56.7 Å². The molecular weight excluding hydrogens is 888 g/mol. The Hall–Kier alpha value is -6.36. The highest BCUT2D eigenvalue weighted by atomic mass is 32.2. The number of oxime groups is 1. The second-order valence-corrected chi connectivity index (χ2v) is 19.0. The maximum atomic E-state index is 14.2. The lowest BCUT2D eigenvalue weighted by molar-refractivity contribution is -0.664. The number of alkyl halides is 1. The molecule has 23 heteroatoms. The maximum absolute atomic E-state index is 14.2. The average Bonchev–Trinajstić information content (AvgIpc) is 3.91. The highest BCUT2D eigenvalue weighted by molar-refractivity contribution is 8.00. The van der Waals surface area contributed by atoms with E-state index in [1.54, 1.807) is 63.4 Å². The normalized spacial score (nSPS) is 18.2. The number of nitrogens with zero attached hydrogens (tertiary/aromatic N) is 8. The van der Waals surface area contributed by atoms with Gasteiger partial charge >= 0.3 is 23.8 Å². The van der Waals surface area contributed by atoms with Gasteiger partial charge in [0.25, 0.3) is 18.7 Å². The molecule has 1 aromatic carbocycles. The summed E-state index contributed by atoms with van der Waals surface area (Å²) in [7, 11) is 1.55. The van der Waals surface area contributed by atoms with E-state index in [4.69, 9.17) is 23.9 Å². The number of carbonyl (C=O) groups is 5. The second-order valence-electron chi connectivity index (χ2n) is 17.2. The van der Waals surface area contributed by atoms with Crippen LogP contribution in [0.2, 0.25) is 0 Å². The van der Waals surface area contributed by atoms with Crippen LogP contribution in [0.1, 0.15) is 71.8 Å². The second kappa shape index (κ2) is 19.4. The summed E-state index contributed by atoms with van der Waals surface area (Å²) in [6.07, 6.45) is 3.87. The summed E-state index contributed by atoms with van der Waals surface area (Å²) in [6.45, 7) is 10.3. The number of esters is 1. The fraction of sp³-hybridized carbons (Fsp3) is 0.476. The summed E-state index contributed by atoms with van der Waals surface area (Å²) in [5, 5.41) is 7.81. The largest absolute Gasteiger partial charge is 0.497 e. The van der Waals surface area contributed by atoms with Gasteiger partial charge in [0.05, 0.1) is 13.3 Å². The van der Waals surface area contributed by atoms with Crippen LogP contribution in [0.4, 0.5) is 19.1 Å². The predicted octanol–water partition coefficient (Wildman–Crippen LogP) is 4.85. The molecule has 2 atom stereocenters. The van der Waals surface area contributed by atoms with Crippen LogP contribution in [-0.2, 0) is 46.6 Å². The summed E-state index contributed by atoms with van der Waals surface area (Å²) >= 11 is 2.03. The molecule has 0 spiro atoms. The fourth-order valence-electron chi connectivity index (χ4n) is 7.30. The molecule has 2 saturated heterocycles.